The first-order valence-electron chi connectivity index (χ1n) is 8.41. The van der Waals surface area contributed by atoms with E-state index < -0.39 is 0 Å². The molecule has 2 amide bonds. The molecule has 0 radical (unpaired) electrons. The maximum absolute atomic E-state index is 12.2. The molecule has 1 fully saturated rings. The van der Waals surface area contributed by atoms with Crippen molar-refractivity contribution < 1.29 is 14.3 Å². The lowest BCUT2D eigenvalue weighted by Gasteiger charge is -2.16. The van der Waals surface area contributed by atoms with Gasteiger partial charge in [0, 0.05) is 31.1 Å². The molecular weight excluding hydrogens is 316 g/mol. The number of hydrogen-bond acceptors (Lipinski definition) is 3. The summed E-state index contributed by atoms with van der Waals surface area (Å²) < 4.78 is 5.11. The fourth-order valence-corrected chi connectivity index (χ4v) is 3.03. The van der Waals surface area contributed by atoms with E-state index in [1.165, 1.54) is 0 Å². The Labute approximate surface area is 147 Å². The minimum absolute atomic E-state index is 0.0317. The van der Waals surface area contributed by atoms with Crippen LogP contribution >= 0.6 is 0 Å². The molecule has 0 unspecified atom stereocenters. The largest absolute Gasteiger partial charge is 0.497 e. The number of nitrogens with one attached hydrogen (secondary N) is 1. The first-order chi connectivity index (χ1) is 12.2. The maximum atomic E-state index is 12.2. The molecule has 1 N–H and O–H groups in total. The molecule has 0 bridgehead atoms. The van der Waals surface area contributed by atoms with Crippen LogP contribution in [0.4, 0.5) is 5.69 Å². The molecule has 25 heavy (non-hydrogen) atoms. The monoisotopic (exact) mass is 338 g/mol. The highest BCUT2D eigenvalue weighted by molar-refractivity contribution is 5.95. The molecule has 1 aliphatic heterocycles. The Hall–Kier alpha value is -2.82. The number of anilines is 1. The second-order valence-electron chi connectivity index (χ2n) is 6.24. The Kier molecular flexibility index (Phi) is 5.33. The van der Waals surface area contributed by atoms with E-state index in [4.69, 9.17) is 4.74 Å². The summed E-state index contributed by atoms with van der Waals surface area (Å²) >= 11 is 0. The standard InChI is InChI=1S/C20H22N2O3/c1-25-18-9-7-15(8-10-18)11-19(23)21-13-16-12-20(24)22(14-16)17-5-3-2-4-6-17/h2-10,16H,11-14H2,1H3,(H,21,23)/t16-/m0/s1. The highest BCUT2D eigenvalue weighted by Crippen LogP contribution is 2.24. The first kappa shape index (κ1) is 17.0. The zero-order chi connectivity index (χ0) is 17.6. The van der Waals surface area contributed by atoms with Gasteiger partial charge in [-0.15, -0.1) is 0 Å². The average Bonchev–Trinajstić information content (AvgIpc) is 3.02. The van der Waals surface area contributed by atoms with Gasteiger partial charge in [-0.3, -0.25) is 9.59 Å². The number of rotatable bonds is 6. The van der Waals surface area contributed by atoms with Crippen molar-refractivity contribution in [3.8, 4) is 5.75 Å². The first-order valence-corrected chi connectivity index (χ1v) is 8.41. The second kappa shape index (κ2) is 7.83. The van der Waals surface area contributed by atoms with E-state index >= 15 is 0 Å². The van der Waals surface area contributed by atoms with Crippen molar-refractivity contribution in [2.75, 3.05) is 25.1 Å². The molecule has 130 valence electrons. The van der Waals surface area contributed by atoms with Crippen LogP contribution in [0.25, 0.3) is 0 Å². The van der Waals surface area contributed by atoms with Crippen LogP contribution in [-0.2, 0) is 16.0 Å². The van der Waals surface area contributed by atoms with E-state index in [1.807, 2.05) is 54.6 Å². The number of ether oxygens (including phenoxy) is 1. The lowest BCUT2D eigenvalue weighted by atomic mass is 10.1. The van der Waals surface area contributed by atoms with Crippen LogP contribution in [0.1, 0.15) is 12.0 Å². The summed E-state index contributed by atoms with van der Waals surface area (Å²) in [6.45, 7) is 1.16. The summed E-state index contributed by atoms with van der Waals surface area (Å²) in [5, 5.41) is 2.95. The lowest BCUT2D eigenvalue weighted by molar-refractivity contribution is -0.121. The van der Waals surface area contributed by atoms with Gasteiger partial charge in [-0.2, -0.15) is 0 Å². The predicted molar refractivity (Wildman–Crippen MR) is 96.6 cm³/mol. The molecule has 1 saturated heterocycles. The third-order valence-corrected chi connectivity index (χ3v) is 4.38. The van der Waals surface area contributed by atoms with Gasteiger partial charge in [0.25, 0.3) is 0 Å². The summed E-state index contributed by atoms with van der Waals surface area (Å²) in [6, 6.07) is 17.1. The molecule has 1 atom stereocenters. The minimum Gasteiger partial charge on any atom is -0.497 e. The van der Waals surface area contributed by atoms with Crippen LogP contribution in [0.5, 0.6) is 5.75 Å². The van der Waals surface area contributed by atoms with Gasteiger partial charge in [-0.1, -0.05) is 30.3 Å². The number of benzene rings is 2. The van der Waals surface area contributed by atoms with Crippen molar-refractivity contribution in [3.63, 3.8) is 0 Å². The molecule has 0 aliphatic carbocycles. The predicted octanol–water partition coefficient (Wildman–Crippen LogP) is 2.41. The van der Waals surface area contributed by atoms with Gasteiger partial charge in [-0.05, 0) is 29.8 Å². The highest BCUT2D eigenvalue weighted by Gasteiger charge is 2.30. The molecule has 3 rings (SSSR count). The van der Waals surface area contributed by atoms with Gasteiger partial charge in [0.15, 0.2) is 0 Å². The van der Waals surface area contributed by atoms with Crippen molar-refractivity contribution in [1.29, 1.82) is 0 Å². The topological polar surface area (TPSA) is 58.6 Å². The second-order valence-corrected chi connectivity index (χ2v) is 6.24. The Morgan fingerprint density at radius 3 is 2.56 bits per heavy atom. The van der Waals surface area contributed by atoms with Crippen LogP contribution < -0.4 is 15.0 Å². The summed E-state index contributed by atoms with van der Waals surface area (Å²) in [6.07, 6.45) is 0.796. The molecule has 0 spiro atoms. The van der Waals surface area contributed by atoms with Gasteiger partial charge >= 0.3 is 0 Å². The molecule has 5 nitrogen and oxygen atoms in total. The van der Waals surface area contributed by atoms with Gasteiger partial charge in [0.1, 0.15) is 5.75 Å². The molecule has 5 heteroatoms. The van der Waals surface area contributed by atoms with E-state index in [1.54, 1.807) is 12.0 Å². The quantitative estimate of drug-likeness (QED) is 0.880. The highest BCUT2D eigenvalue weighted by atomic mass is 16.5. The number of carbonyl (C=O) groups excluding carboxylic acids is 2. The van der Waals surface area contributed by atoms with Gasteiger partial charge < -0.3 is 15.0 Å². The van der Waals surface area contributed by atoms with E-state index in [-0.39, 0.29) is 17.7 Å². The molecule has 0 aromatic heterocycles. The normalized spacial score (nSPS) is 16.8. The Bertz CT molecular complexity index is 728. The Morgan fingerprint density at radius 2 is 1.88 bits per heavy atom. The maximum Gasteiger partial charge on any atom is 0.227 e. The van der Waals surface area contributed by atoms with E-state index in [2.05, 4.69) is 5.32 Å². The third kappa shape index (κ3) is 4.38. The number of amides is 2. The van der Waals surface area contributed by atoms with Crippen LogP contribution in [0.3, 0.4) is 0 Å². The summed E-state index contributed by atoms with van der Waals surface area (Å²) in [7, 11) is 1.61. The zero-order valence-corrected chi connectivity index (χ0v) is 14.3. The minimum atomic E-state index is -0.0317. The van der Waals surface area contributed by atoms with Crippen LogP contribution in [0.15, 0.2) is 54.6 Å². The van der Waals surface area contributed by atoms with Crippen molar-refractivity contribution in [1.82, 2.24) is 5.32 Å². The molecule has 1 heterocycles. The van der Waals surface area contributed by atoms with Crippen LogP contribution in [0, 0.1) is 5.92 Å². The summed E-state index contributed by atoms with van der Waals surface area (Å²) in [5.41, 5.74) is 1.85. The number of para-hydroxylation sites is 1. The molecule has 2 aromatic carbocycles. The average molecular weight is 338 g/mol. The Morgan fingerprint density at radius 1 is 1.16 bits per heavy atom. The molecule has 2 aromatic rings. The summed E-state index contributed by atoms with van der Waals surface area (Å²) in [4.78, 5) is 26.1. The van der Waals surface area contributed by atoms with Crippen LogP contribution in [-0.4, -0.2) is 32.0 Å². The van der Waals surface area contributed by atoms with Crippen molar-refractivity contribution in [3.05, 3.63) is 60.2 Å². The van der Waals surface area contributed by atoms with Crippen molar-refractivity contribution >= 4 is 17.5 Å². The molecule has 1 aliphatic rings. The number of carbonyl (C=O) groups is 2. The van der Waals surface area contributed by atoms with Gasteiger partial charge in [0.2, 0.25) is 11.8 Å². The van der Waals surface area contributed by atoms with Gasteiger partial charge in [0.05, 0.1) is 13.5 Å². The SMILES string of the molecule is COc1ccc(CC(=O)NC[C@@H]2CC(=O)N(c3ccccc3)C2)cc1. The number of nitrogens with zero attached hydrogens (tertiary/aromatic N) is 1. The Balaban J connectivity index is 1.48. The van der Waals surface area contributed by atoms with E-state index in [9.17, 15) is 9.59 Å². The van der Waals surface area contributed by atoms with E-state index in [0.29, 0.717) is 25.9 Å². The lowest BCUT2D eigenvalue weighted by Crippen LogP contribution is -2.32. The molecular formula is C20H22N2O3. The number of hydrogen-bond donors (Lipinski definition) is 1. The fraction of sp³-hybridized carbons (Fsp3) is 0.300. The fourth-order valence-electron chi connectivity index (χ4n) is 3.03. The zero-order valence-electron chi connectivity index (χ0n) is 14.3. The van der Waals surface area contributed by atoms with Crippen LogP contribution in [0.2, 0.25) is 0 Å². The summed E-state index contributed by atoms with van der Waals surface area (Å²) in [5.74, 6) is 0.999. The van der Waals surface area contributed by atoms with Crippen molar-refractivity contribution in [2.45, 2.75) is 12.8 Å². The smallest absolute Gasteiger partial charge is 0.227 e. The van der Waals surface area contributed by atoms with Crippen molar-refractivity contribution in [2.24, 2.45) is 5.92 Å². The molecule has 0 saturated carbocycles. The van der Waals surface area contributed by atoms with E-state index in [0.717, 1.165) is 17.0 Å². The third-order valence-electron chi connectivity index (χ3n) is 4.38. The number of methoxy groups -OCH3 is 1. The van der Waals surface area contributed by atoms with Gasteiger partial charge in [-0.25, -0.2) is 0 Å².